The molecule has 1 aliphatic rings. The van der Waals surface area contributed by atoms with Gasteiger partial charge in [0.15, 0.2) is 0 Å². The second kappa shape index (κ2) is 4.36. The monoisotopic (exact) mass is 201 g/mol. The summed E-state index contributed by atoms with van der Waals surface area (Å²) in [7, 11) is 0. The van der Waals surface area contributed by atoms with Gasteiger partial charge in [0.05, 0.1) is 0 Å². The fourth-order valence-electron chi connectivity index (χ4n) is 1.58. The van der Waals surface area contributed by atoms with Gasteiger partial charge in [0, 0.05) is 13.0 Å². The van der Waals surface area contributed by atoms with Gasteiger partial charge in [-0.05, 0) is 29.9 Å². The van der Waals surface area contributed by atoms with Gasteiger partial charge in [0.25, 0.3) is 0 Å². The number of carbonyl (C=O) groups is 1. The largest absolute Gasteiger partial charge is 0.356 e. The first-order valence-electron chi connectivity index (χ1n) is 4.98. The van der Waals surface area contributed by atoms with E-state index in [1.807, 2.05) is 0 Å². The van der Waals surface area contributed by atoms with Crippen molar-refractivity contribution in [2.24, 2.45) is 11.3 Å². The Hall–Kier alpha value is -0.180. The van der Waals surface area contributed by atoms with E-state index in [2.05, 4.69) is 31.8 Å². The van der Waals surface area contributed by atoms with Crippen molar-refractivity contribution in [2.75, 3.05) is 12.3 Å². The van der Waals surface area contributed by atoms with Crippen LogP contribution in [0.3, 0.4) is 0 Å². The zero-order chi connectivity index (χ0) is 9.90. The van der Waals surface area contributed by atoms with Gasteiger partial charge in [-0.25, -0.2) is 0 Å². The van der Waals surface area contributed by atoms with Crippen molar-refractivity contribution in [3.05, 3.63) is 0 Å². The summed E-state index contributed by atoms with van der Waals surface area (Å²) in [4.78, 5) is 11.2. The molecule has 0 bridgehead atoms. The summed E-state index contributed by atoms with van der Waals surface area (Å²) < 4.78 is 0. The van der Waals surface area contributed by atoms with E-state index < -0.39 is 0 Å². The maximum Gasteiger partial charge on any atom is 0.220 e. The number of rotatable bonds is 5. The van der Waals surface area contributed by atoms with Crippen LogP contribution in [0.25, 0.3) is 0 Å². The molecule has 0 aliphatic heterocycles. The molecule has 13 heavy (non-hydrogen) atoms. The minimum Gasteiger partial charge on any atom is -0.356 e. The lowest BCUT2D eigenvalue weighted by atomic mass is 9.92. The maximum atomic E-state index is 11.2. The predicted octanol–water partition coefficient (Wildman–Crippen LogP) is 1.86. The van der Waals surface area contributed by atoms with E-state index in [-0.39, 0.29) is 5.91 Å². The first-order chi connectivity index (χ1) is 6.10. The molecule has 2 nitrogen and oxygen atoms in total. The zero-order valence-corrected chi connectivity index (χ0v) is 9.36. The van der Waals surface area contributed by atoms with E-state index >= 15 is 0 Å². The van der Waals surface area contributed by atoms with Crippen LogP contribution < -0.4 is 5.32 Å². The summed E-state index contributed by atoms with van der Waals surface area (Å²) in [5.74, 6) is 1.46. The lowest BCUT2D eigenvalue weighted by Gasteiger charge is -2.19. The first-order valence-corrected chi connectivity index (χ1v) is 5.61. The van der Waals surface area contributed by atoms with Crippen LogP contribution >= 0.6 is 12.6 Å². The molecule has 1 rings (SSSR count). The van der Waals surface area contributed by atoms with Crippen LogP contribution in [0, 0.1) is 11.3 Å². The molecule has 1 amide bonds. The summed E-state index contributed by atoms with van der Waals surface area (Å²) in [6.07, 6.45) is 3.08. The smallest absolute Gasteiger partial charge is 0.220 e. The number of nitrogens with one attached hydrogen (secondary N) is 1. The van der Waals surface area contributed by atoms with Gasteiger partial charge in [-0.1, -0.05) is 13.8 Å². The molecule has 3 heteroatoms. The molecular formula is C10H19NOS. The Morgan fingerprint density at radius 3 is 2.54 bits per heavy atom. The number of hydrogen-bond donors (Lipinski definition) is 2. The second-order valence-electron chi connectivity index (χ2n) is 4.27. The van der Waals surface area contributed by atoms with Gasteiger partial charge >= 0.3 is 0 Å². The Morgan fingerprint density at radius 1 is 1.54 bits per heavy atom. The molecule has 0 saturated heterocycles. The van der Waals surface area contributed by atoms with Gasteiger partial charge in [-0.2, -0.15) is 12.6 Å². The average molecular weight is 201 g/mol. The third kappa shape index (κ3) is 2.90. The quantitative estimate of drug-likeness (QED) is 0.653. The second-order valence-corrected chi connectivity index (χ2v) is 4.71. The third-order valence-corrected chi connectivity index (χ3v) is 3.32. The van der Waals surface area contributed by atoms with Crippen LogP contribution in [0.2, 0.25) is 0 Å². The first kappa shape index (κ1) is 10.9. The van der Waals surface area contributed by atoms with Crippen molar-refractivity contribution >= 4 is 18.5 Å². The van der Waals surface area contributed by atoms with Crippen LogP contribution in [0.5, 0.6) is 0 Å². The van der Waals surface area contributed by atoms with E-state index in [1.54, 1.807) is 0 Å². The van der Waals surface area contributed by atoms with Crippen molar-refractivity contribution in [3.63, 3.8) is 0 Å². The molecule has 1 N–H and O–H groups in total. The highest BCUT2D eigenvalue weighted by atomic mass is 32.1. The molecular weight excluding hydrogens is 182 g/mol. The minimum absolute atomic E-state index is 0.141. The van der Waals surface area contributed by atoms with Crippen molar-refractivity contribution in [3.8, 4) is 0 Å². The summed E-state index contributed by atoms with van der Waals surface area (Å²) in [5, 5.41) is 2.98. The molecule has 0 radical (unpaired) electrons. The SMILES string of the molecule is CC(C)C1(CNC(=O)CCS)CC1. The van der Waals surface area contributed by atoms with E-state index in [4.69, 9.17) is 0 Å². The molecule has 0 aromatic carbocycles. The Labute approximate surface area is 85.9 Å². The lowest BCUT2D eigenvalue weighted by molar-refractivity contribution is -0.121. The van der Waals surface area contributed by atoms with Crippen LogP contribution in [-0.4, -0.2) is 18.2 Å². The van der Waals surface area contributed by atoms with E-state index in [0.29, 0.717) is 23.5 Å². The molecule has 76 valence electrons. The van der Waals surface area contributed by atoms with Crippen LogP contribution in [-0.2, 0) is 4.79 Å². The molecule has 0 unspecified atom stereocenters. The predicted molar refractivity (Wildman–Crippen MR) is 58.0 cm³/mol. The summed E-state index contributed by atoms with van der Waals surface area (Å²) in [6.45, 7) is 5.33. The highest BCUT2D eigenvalue weighted by Crippen LogP contribution is 2.51. The van der Waals surface area contributed by atoms with Crippen LogP contribution in [0.4, 0.5) is 0 Å². The number of thiol groups is 1. The van der Waals surface area contributed by atoms with Gasteiger partial charge in [-0.3, -0.25) is 4.79 Å². The summed E-state index contributed by atoms with van der Waals surface area (Å²) >= 11 is 4.02. The van der Waals surface area contributed by atoms with Crippen molar-refractivity contribution in [2.45, 2.75) is 33.1 Å². The van der Waals surface area contributed by atoms with Crippen molar-refractivity contribution in [1.82, 2.24) is 5.32 Å². The molecule has 0 atom stereocenters. The number of carbonyl (C=O) groups excluding carboxylic acids is 1. The van der Waals surface area contributed by atoms with Crippen molar-refractivity contribution < 1.29 is 4.79 Å². The van der Waals surface area contributed by atoms with Crippen LogP contribution in [0.1, 0.15) is 33.1 Å². The Bertz CT molecular complexity index is 187. The van der Waals surface area contributed by atoms with Gasteiger partial charge in [0.1, 0.15) is 0 Å². The molecule has 0 aromatic heterocycles. The fraction of sp³-hybridized carbons (Fsp3) is 0.900. The molecule has 0 heterocycles. The minimum atomic E-state index is 0.141. The Kier molecular flexibility index (Phi) is 3.65. The zero-order valence-electron chi connectivity index (χ0n) is 8.47. The lowest BCUT2D eigenvalue weighted by Crippen LogP contribution is -2.32. The van der Waals surface area contributed by atoms with E-state index in [1.165, 1.54) is 12.8 Å². The Balaban J connectivity index is 2.22. The average Bonchev–Trinajstić information content (AvgIpc) is 2.82. The number of hydrogen-bond acceptors (Lipinski definition) is 2. The molecule has 1 saturated carbocycles. The standard InChI is InChI=1S/C10H19NOS/c1-8(2)10(4-5-10)7-11-9(12)3-6-13/h8,13H,3-7H2,1-2H3,(H,11,12). The third-order valence-electron chi connectivity index (χ3n) is 3.09. The van der Waals surface area contributed by atoms with Gasteiger partial charge < -0.3 is 5.32 Å². The van der Waals surface area contributed by atoms with E-state index in [9.17, 15) is 4.79 Å². The normalized spacial score (nSPS) is 18.8. The molecule has 0 spiro atoms. The maximum absolute atomic E-state index is 11.2. The highest BCUT2D eigenvalue weighted by molar-refractivity contribution is 7.80. The Morgan fingerprint density at radius 2 is 2.15 bits per heavy atom. The highest BCUT2D eigenvalue weighted by Gasteiger charge is 2.45. The topological polar surface area (TPSA) is 29.1 Å². The molecule has 1 aliphatic carbocycles. The van der Waals surface area contributed by atoms with Crippen LogP contribution in [0.15, 0.2) is 0 Å². The van der Waals surface area contributed by atoms with Crippen molar-refractivity contribution in [1.29, 1.82) is 0 Å². The van der Waals surface area contributed by atoms with Gasteiger partial charge in [-0.15, -0.1) is 0 Å². The fourth-order valence-corrected chi connectivity index (χ4v) is 1.79. The number of amides is 1. The molecule has 0 aromatic rings. The van der Waals surface area contributed by atoms with Gasteiger partial charge in [0.2, 0.25) is 5.91 Å². The summed E-state index contributed by atoms with van der Waals surface area (Å²) in [5.41, 5.74) is 0.423. The van der Waals surface area contributed by atoms with E-state index in [0.717, 1.165) is 6.54 Å². The molecule has 1 fully saturated rings. The summed E-state index contributed by atoms with van der Waals surface area (Å²) in [6, 6.07) is 0.